The van der Waals surface area contributed by atoms with Gasteiger partial charge in [0.15, 0.2) is 0 Å². The lowest BCUT2D eigenvalue weighted by Gasteiger charge is -2.24. The van der Waals surface area contributed by atoms with Gasteiger partial charge in [0.25, 0.3) is 0 Å². The molecule has 1 atom stereocenters. The van der Waals surface area contributed by atoms with Gasteiger partial charge in [-0.05, 0) is 37.1 Å². The van der Waals surface area contributed by atoms with E-state index >= 15 is 0 Å². The molecule has 84 valence electrons. The lowest BCUT2D eigenvalue weighted by atomic mass is 9.92. The molecule has 0 heterocycles. The van der Waals surface area contributed by atoms with Crippen LogP contribution in [0.25, 0.3) is 0 Å². The summed E-state index contributed by atoms with van der Waals surface area (Å²) < 4.78 is 0. The van der Waals surface area contributed by atoms with Crippen LogP contribution in [0.4, 0.5) is 0 Å². The fourth-order valence-electron chi connectivity index (χ4n) is 2.22. The fourth-order valence-corrected chi connectivity index (χ4v) is 2.22. The molecule has 1 heteroatoms. The molecule has 0 saturated heterocycles. The van der Waals surface area contributed by atoms with Crippen molar-refractivity contribution >= 4 is 0 Å². The highest BCUT2D eigenvalue weighted by Gasteiger charge is 2.43. The lowest BCUT2D eigenvalue weighted by molar-refractivity contribution is 0.327. The molecule has 0 bridgehead atoms. The summed E-state index contributed by atoms with van der Waals surface area (Å²) in [5, 5.41) is 3.66. The summed E-state index contributed by atoms with van der Waals surface area (Å²) in [6.07, 6.45) is 7.03. The van der Waals surface area contributed by atoms with Gasteiger partial charge in [-0.3, -0.25) is 0 Å². The minimum atomic E-state index is 0.646. The van der Waals surface area contributed by atoms with Gasteiger partial charge < -0.3 is 5.32 Å². The van der Waals surface area contributed by atoms with Crippen molar-refractivity contribution in [2.45, 2.75) is 65.8 Å². The second-order valence-corrected chi connectivity index (χ2v) is 5.59. The first-order chi connectivity index (χ1) is 6.58. The third kappa shape index (κ3) is 3.61. The van der Waals surface area contributed by atoms with E-state index in [-0.39, 0.29) is 0 Å². The van der Waals surface area contributed by atoms with Gasteiger partial charge in [-0.25, -0.2) is 0 Å². The molecule has 1 fully saturated rings. The van der Waals surface area contributed by atoms with Gasteiger partial charge in [0.05, 0.1) is 0 Å². The van der Waals surface area contributed by atoms with Crippen LogP contribution in [-0.4, -0.2) is 12.6 Å². The van der Waals surface area contributed by atoms with Gasteiger partial charge in [-0.15, -0.1) is 0 Å². The predicted molar refractivity (Wildman–Crippen MR) is 63.5 cm³/mol. The molecule has 1 saturated carbocycles. The van der Waals surface area contributed by atoms with Crippen LogP contribution in [0, 0.1) is 11.3 Å². The van der Waals surface area contributed by atoms with E-state index in [9.17, 15) is 0 Å². The van der Waals surface area contributed by atoms with Crippen LogP contribution in [0.5, 0.6) is 0 Å². The van der Waals surface area contributed by atoms with E-state index in [2.05, 4.69) is 33.0 Å². The van der Waals surface area contributed by atoms with E-state index in [1.807, 2.05) is 0 Å². The molecule has 0 aliphatic heterocycles. The van der Waals surface area contributed by atoms with Gasteiger partial charge in [0.2, 0.25) is 0 Å². The van der Waals surface area contributed by atoms with Crippen molar-refractivity contribution in [1.29, 1.82) is 0 Å². The van der Waals surface area contributed by atoms with Gasteiger partial charge >= 0.3 is 0 Å². The van der Waals surface area contributed by atoms with Crippen LogP contribution in [0.15, 0.2) is 0 Å². The molecular formula is C13H27N. The number of nitrogens with one attached hydrogen (secondary N) is 1. The number of hydrogen-bond acceptors (Lipinski definition) is 1. The molecular weight excluding hydrogens is 170 g/mol. The molecule has 1 aliphatic carbocycles. The van der Waals surface area contributed by atoms with Crippen molar-refractivity contribution in [2.24, 2.45) is 11.3 Å². The minimum Gasteiger partial charge on any atom is -0.314 e. The van der Waals surface area contributed by atoms with Crippen LogP contribution in [0.1, 0.15) is 59.8 Å². The second kappa shape index (κ2) is 5.16. The molecule has 1 aliphatic rings. The Kier molecular flexibility index (Phi) is 4.43. The molecule has 0 radical (unpaired) electrons. The normalized spacial score (nSPS) is 21.2. The number of rotatable bonds is 7. The lowest BCUT2D eigenvalue weighted by Crippen LogP contribution is -2.36. The molecule has 0 amide bonds. The van der Waals surface area contributed by atoms with Crippen molar-refractivity contribution < 1.29 is 0 Å². The van der Waals surface area contributed by atoms with Crippen molar-refractivity contribution in [1.82, 2.24) is 5.32 Å². The predicted octanol–water partition coefficient (Wildman–Crippen LogP) is 3.59. The Bertz CT molecular complexity index is 159. The van der Waals surface area contributed by atoms with Gasteiger partial charge in [-0.2, -0.15) is 0 Å². The maximum atomic E-state index is 3.66. The highest BCUT2D eigenvalue weighted by atomic mass is 14.9. The maximum absolute atomic E-state index is 3.66. The molecule has 1 unspecified atom stereocenters. The topological polar surface area (TPSA) is 12.0 Å². The molecule has 0 aromatic heterocycles. The summed E-state index contributed by atoms with van der Waals surface area (Å²) in [6.45, 7) is 10.4. The molecule has 1 nitrogen and oxygen atoms in total. The molecule has 1 rings (SSSR count). The molecule has 0 aromatic rings. The zero-order valence-electron chi connectivity index (χ0n) is 10.4. The van der Waals surface area contributed by atoms with Crippen molar-refractivity contribution in [3.05, 3.63) is 0 Å². The first kappa shape index (κ1) is 12.0. The highest BCUT2D eigenvalue weighted by Crippen LogP contribution is 2.49. The van der Waals surface area contributed by atoms with Crippen LogP contribution < -0.4 is 5.32 Å². The van der Waals surface area contributed by atoms with E-state index in [0.29, 0.717) is 5.41 Å². The second-order valence-electron chi connectivity index (χ2n) is 5.59. The fraction of sp³-hybridized carbons (Fsp3) is 1.00. The van der Waals surface area contributed by atoms with E-state index in [1.165, 1.54) is 32.1 Å². The van der Waals surface area contributed by atoms with Gasteiger partial charge in [-0.1, -0.05) is 40.5 Å². The Hall–Kier alpha value is -0.0400. The summed E-state index contributed by atoms with van der Waals surface area (Å²) >= 11 is 0. The zero-order chi connectivity index (χ0) is 10.6. The first-order valence-corrected chi connectivity index (χ1v) is 6.32. The minimum absolute atomic E-state index is 0.646. The maximum Gasteiger partial charge on any atom is 0.0121 e. The van der Waals surface area contributed by atoms with E-state index in [1.54, 1.807) is 0 Å². The summed E-state index contributed by atoms with van der Waals surface area (Å²) in [4.78, 5) is 0. The van der Waals surface area contributed by atoms with Crippen molar-refractivity contribution in [2.75, 3.05) is 6.54 Å². The Morgan fingerprint density at radius 3 is 2.29 bits per heavy atom. The van der Waals surface area contributed by atoms with Gasteiger partial charge in [0, 0.05) is 6.04 Å². The van der Waals surface area contributed by atoms with Gasteiger partial charge in [0.1, 0.15) is 0 Å². The van der Waals surface area contributed by atoms with E-state index < -0.39 is 0 Å². The van der Waals surface area contributed by atoms with Crippen LogP contribution in [0.3, 0.4) is 0 Å². The molecule has 0 spiro atoms. The quantitative estimate of drug-likeness (QED) is 0.657. The summed E-state index contributed by atoms with van der Waals surface area (Å²) in [5.41, 5.74) is 0.646. The summed E-state index contributed by atoms with van der Waals surface area (Å²) in [7, 11) is 0. The monoisotopic (exact) mass is 197 g/mol. The average Bonchev–Trinajstić information content (AvgIpc) is 2.83. The smallest absolute Gasteiger partial charge is 0.0121 e. The standard InChI is InChI=1S/C13H27N/c1-5-14-12(13(4)9-10-13)8-6-7-11(2)3/h11-12,14H,5-10H2,1-4H3. The van der Waals surface area contributed by atoms with Crippen molar-refractivity contribution in [3.63, 3.8) is 0 Å². The average molecular weight is 197 g/mol. The zero-order valence-corrected chi connectivity index (χ0v) is 10.4. The third-order valence-corrected chi connectivity index (χ3v) is 3.60. The van der Waals surface area contributed by atoms with Crippen LogP contribution >= 0.6 is 0 Å². The molecule has 14 heavy (non-hydrogen) atoms. The SMILES string of the molecule is CCNC(CCCC(C)C)C1(C)CC1. The summed E-state index contributed by atoms with van der Waals surface area (Å²) in [6, 6.07) is 0.784. The largest absolute Gasteiger partial charge is 0.314 e. The molecule has 0 aromatic carbocycles. The van der Waals surface area contributed by atoms with Crippen molar-refractivity contribution in [3.8, 4) is 0 Å². The third-order valence-electron chi connectivity index (χ3n) is 3.60. The molecule has 1 N–H and O–H groups in total. The first-order valence-electron chi connectivity index (χ1n) is 6.32. The van der Waals surface area contributed by atoms with Crippen LogP contribution in [-0.2, 0) is 0 Å². The highest BCUT2D eigenvalue weighted by molar-refractivity contribution is 4.98. The Labute approximate surface area is 89.7 Å². The number of hydrogen-bond donors (Lipinski definition) is 1. The van der Waals surface area contributed by atoms with Crippen LogP contribution in [0.2, 0.25) is 0 Å². The van der Waals surface area contributed by atoms with E-state index in [0.717, 1.165) is 18.5 Å². The Balaban J connectivity index is 2.22. The Morgan fingerprint density at radius 2 is 1.86 bits per heavy atom. The van der Waals surface area contributed by atoms with E-state index in [4.69, 9.17) is 0 Å². The Morgan fingerprint density at radius 1 is 1.21 bits per heavy atom. The summed E-state index contributed by atoms with van der Waals surface area (Å²) in [5.74, 6) is 0.865.